The van der Waals surface area contributed by atoms with Crippen LogP contribution in [-0.4, -0.2) is 42.4 Å². The molecule has 0 saturated heterocycles. The Morgan fingerprint density at radius 2 is 1.92 bits per heavy atom. The second-order valence-electron chi connectivity index (χ2n) is 9.78. The predicted octanol–water partition coefficient (Wildman–Crippen LogP) is 5.23. The van der Waals surface area contributed by atoms with E-state index in [9.17, 15) is 13.2 Å². The summed E-state index contributed by atoms with van der Waals surface area (Å²) in [5, 5.41) is 0.510. The number of carbonyl (C=O) groups excluding carboxylic acids is 1. The monoisotopic (exact) mass is 529 g/mol. The molecule has 2 aromatic carbocycles. The SMILES string of the molecule is COc1ccc(C(=O)N(Cc2cnc(S(=O)(=O)Cc3cccc(Cl)c3)n2CC(C)C)CC2CC2)cc1. The minimum Gasteiger partial charge on any atom is -0.497 e. The molecule has 1 saturated carbocycles. The van der Waals surface area contributed by atoms with Crippen LogP contribution in [0.5, 0.6) is 5.75 Å². The van der Waals surface area contributed by atoms with E-state index in [1.165, 1.54) is 0 Å². The van der Waals surface area contributed by atoms with Gasteiger partial charge in [0.15, 0.2) is 0 Å². The van der Waals surface area contributed by atoms with Crippen molar-refractivity contribution in [1.82, 2.24) is 14.5 Å². The predicted molar refractivity (Wildman–Crippen MR) is 140 cm³/mol. The van der Waals surface area contributed by atoms with Crippen molar-refractivity contribution in [3.63, 3.8) is 0 Å². The topological polar surface area (TPSA) is 81.5 Å². The Morgan fingerprint density at radius 3 is 2.53 bits per heavy atom. The van der Waals surface area contributed by atoms with Gasteiger partial charge in [-0.15, -0.1) is 0 Å². The highest BCUT2D eigenvalue weighted by atomic mass is 35.5. The summed E-state index contributed by atoms with van der Waals surface area (Å²) < 4.78 is 33.8. The fourth-order valence-electron chi connectivity index (χ4n) is 4.18. The number of hydrogen-bond acceptors (Lipinski definition) is 5. The molecule has 0 unspecified atom stereocenters. The Hall–Kier alpha value is -2.84. The highest BCUT2D eigenvalue weighted by Gasteiger charge is 2.30. The summed E-state index contributed by atoms with van der Waals surface area (Å²) in [5.74, 6) is 1.06. The van der Waals surface area contributed by atoms with Gasteiger partial charge in [-0.25, -0.2) is 13.4 Å². The van der Waals surface area contributed by atoms with Gasteiger partial charge in [0.25, 0.3) is 5.91 Å². The van der Waals surface area contributed by atoms with Gasteiger partial charge in [0, 0.05) is 23.7 Å². The molecule has 7 nitrogen and oxygen atoms in total. The molecule has 1 aliphatic carbocycles. The van der Waals surface area contributed by atoms with E-state index in [1.54, 1.807) is 71.3 Å². The van der Waals surface area contributed by atoms with E-state index in [0.29, 0.717) is 46.6 Å². The third-order valence-corrected chi connectivity index (χ3v) is 7.96. The lowest BCUT2D eigenvalue weighted by Gasteiger charge is -2.24. The number of imidazole rings is 1. The lowest BCUT2D eigenvalue weighted by molar-refractivity contribution is 0.0730. The van der Waals surface area contributed by atoms with Crippen molar-refractivity contribution < 1.29 is 17.9 Å². The molecule has 0 atom stereocenters. The van der Waals surface area contributed by atoms with Crippen LogP contribution in [0.2, 0.25) is 5.02 Å². The second kappa shape index (κ2) is 11.0. The second-order valence-corrected chi connectivity index (χ2v) is 12.1. The van der Waals surface area contributed by atoms with Gasteiger partial charge in [0.2, 0.25) is 15.0 Å². The van der Waals surface area contributed by atoms with Crippen molar-refractivity contribution in [3.8, 4) is 5.75 Å². The molecular formula is C27H32ClN3O4S. The van der Waals surface area contributed by atoms with E-state index in [1.807, 2.05) is 13.8 Å². The van der Waals surface area contributed by atoms with Crippen molar-refractivity contribution in [2.24, 2.45) is 11.8 Å². The van der Waals surface area contributed by atoms with Crippen LogP contribution < -0.4 is 4.74 Å². The van der Waals surface area contributed by atoms with Crippen LogP contribution in [0.4, 0.5) is 0 Å². The molecule has 0 N–H and O–H groups in total. The minimum atomic E-state index is -3.74. The van der Waals surface area contributed by atoms with E-state index in [0.717, 1.165) is 12.8 Å². The van der Waals surface area contributed by atoms with Gasteiger partial charge < -0.3 is 14.2 Å². The van der Waals surface area contributed by atoms with E-state index in [2.05, 4.69) is 4.98 Å². The molecule has 3 aromatic rings. The van der Waals surface area contributed by atoms with Crippen LogP contribution in [0.25, 0.3) is 0 Å². The molecule has 4 rings (SSSR count). The molecule has 0 spiro atoms. The first-order chi connectivity index (χ1) is 17.2. The maximum atomic E-state index is 13.4. The molecule has 1 heterocycles. The average molecular weight is 530 g/mol. The van der Waals surface area contributed by atoms with Crippen molar-refractivity contribution >= 4 is 27.3 Å². The van der Waals surface area contributed by atoms with Crippen LogP contribution in [-0.2, 0) is 28.7 Å². The van der Waals surface area contributed by atoms with E-state index < -0.39 is 9.84 Å². The van der Waals surface area contributed by atoms with Crippen LogP contribution in [0.3, 0.4) is 0 Å². The number of sulfone groups is 1. The molecule has 1 fully saturated rings. The van der Waals surface area contributed by atoms with Gasteiger partial charge in [0.05, 0.1) is 31.3 Å². The van der Waals surface area contributed by atoms with Crippen molar-refractivity contribution in [3.05, 3.63) is 76.6 Å². The highest BCUT2D eigenvalue weighted by molar-refractivity contribution is 7.90. The zero-order valence-electron chi connectivity index (χ0n) is 20.9. The highest BCUT2D eigenvalue weighted by Crippen LogP contribution is 2.31. The molecule has 0 radical (unpaired) electrons. The Morgan fingerprint density at radius 1 is 1.19 bits per heavy atom. The summed E-state index contributed by atoms with van der Waals surface area (Å²) in [6.07, 6.45) is 3.78. The Kier molecular flexibility index (Phi) is 8.05. The number of carbonyl (C=O) groups is 1. The van der Waals surface area contributed by atoms with Gasteiger partial charge in [-0.2, -0.15) is 0 Å². The van der Waals surface area contributed by atoms with Crippen LogP contribution in [0.15, 0.2) is 59.9 Å². The first-order valence-electron chi connectivity index (χ1n) is 12.1. The molecule has 9 heteroatoms. The molecule has 0 bridgehead atoms. The summed E-state index contributed by atoms with van der Waals surface area (Å²) in [4.78, 5) is 19.6. The summed E-state index contributed by atoms with van der Waals surface area (Å²) in [7, 11) is -2.15. The number of rotatable bonds is 11. The molecule has 0 aliphatic heterocycles. The first-order valence-corrected chi connectivity index (χ1v) is 14.1. The number of amides is 1. The van der Waals surface area contributed by atoms with Crippen LogP contribution in [0, 0.1) is 11.8 Å². The van der Waals surface area contributed by atoms with Gasteiger partial charge in [-0.1, -0.05) is 37.6 Å². The van der Waals surface area contributed by atoms with Gasteiger partial charge >= 0.3 is 0 Å². The summed E-state index contributed by atoms with van der Waals surface area (Å²) in [6.45, 7) is 5.45. The quantitative estimate of drug-likeness (QED) is 0.340. The molecule has 36 heavy (non-hydrogen) atoms. The van der Waals surface area contributed by atoms with E-state index in [-0.39, 0.29) is 29.3 Å². The fourth-order valence-corrected chi connectivity index (χ4v) is 5.88. The Bertz CT molecular complexity index is 1320. The zero-order chi connectivity index (χ0) is 25.9. The van der Waals surface area contributed by atoms with Gasteiger partial charge in [-0.05, 0) is 66.6 Å². The van der Waals surface area contributed by atoms with Crippen molar-refractivity contribution in [2.75, 3.05) is 13.7 Å². The maximum Gasteiger partial charge on any atom is 0.254 e. The number of methoxy groups -OCH3 is 1. The first kappa shape index (κ1) is 26.2. The van der Waals surface area contributed by atoms with E-state index >= 15 is 0 Å². The molecule has 1 amide bonds. The number of benzene rings is 2. The summed E-state index contributed by atoms with van der Waals surface area (Å²) in [6, 6.07) is 13.9. The molecule has 1 aromatic heterocycles. The molecule has 192 valence electrons. The van der Waals surface area contributed by atoms with Crippen molar-refractivity contribution in [1.29, 1.82) is 0 Å². The number of hydrogen-bond donors (Lipinski definition) is 0. The normalized spacial score (nSPS) is 13.7. The minimum absolute atomic E-state index is 0.0226. The maximum absolute atomic E-state index is 13.4. The fraction of sp³-hybridized carbons (Fsp3) is 0.407. The van der Waals surface area contributed by atoms with Gasteiger partial charge in [0.1, 0.15) is 5.75 Å². The Labute approximate surface area is 218 Å². The van der Waals surface area contributed by atoms with Gasteiger partial charge in [-0.3, -0.25) is 4.79 Å². The van der Waals surface area contributed by atoms with Crippen LogP contribution >= 0.6 is 11.6 Å². The third kappa shape index (κ3) is 6.48. The summed E-state index contributed by atoms with van der Waals surface area (Å²) in [5.41, 5.74) is 1.88. The molecule has 1 aliphatic rings. The lowest BCUT2D eigenvalue weighted by atomic mass is 10.1. The largest absolute Gasteiger partial charge is 0.497 e. The summed E-state index contributed by atoms with van der Waals surface area (Å²) >= 11 is 6.06. The number of ether oxygens (including phenoxy) is 1. The third-order valence-electron chi connectivity index (χ3n) is 6.13. The Balaban J connectivity index is 1.64. The van der Waals surface area contributed by atoms with Crippen molar-refractivity contribution in [2.45, 2.75) is 50.7 Å². The zero-order valence-corrected chi connectivity index (χ0v) is 22.4. The number of halogens is 1. The number of aromatic nitrogens is 2. The number of nitrogens with zero attached hydrogens (tertiary/aromatic N) is 3. The smallest absolute Gasteiger partial charge is 0.254 e. The average Bonchev–Trinajstić information content (AvgIpc) is 3.56. The lowest BCUT2D eigenvalue weighted by Crippen LogP contribution is -2.33. The van der Waals surface area contributed by atoms with Crippen LogP contribution in [0.1, 0.15) is 48.3 Å². The standard InChI is InChI=1S/C27H32ClN3O4S/c1-19(2)15-31-24(14-29-27(31)36(33,34)18-21-5-4-6-23(28)13-21)17-30(16-20-7-8-20)26(32)22-9-11-25(35-3)12-10-22/h4-6,9-14,19-20H,7-8,15-18H2,1-3H3. The van der Waals surface area contributed by atoms with E-state index in [4.69, 9.17) is 16.3 Å². The molecular weight excluding hydrogens is 498 g/mol.